The number of nitrogens with one attached hydrogen (secondary N) is 2. The standard InChI is InChI=1S/C18H20N2O5S/c1-3-19-26(23,24)16-11-9-14(10-12-16)18(22)25-13(2)17(21)20-15-7-5-4-6-8-15/h4-13,19H,3H2,1-2H3,(H,20,21)/t13-/m0/s1. The van der Waals surface area contributed by atoms with Gasteiger partial charge in [0.25, 0.3) is 5.91 Å². The first kappa shape index (κ1) is 19.6. The molecule has 0 fully saturated rings. The number of carbonyl (C=O) groups is 2. The third-order valence-electron chi connectivity index (χ3n) is 3.43. The van der Waals surface area contributed by atoms with E-state index in [0.29, 0.717) is 5.69 Å². The normalized spacial score (nSPS) is 12.2. The summed E-state index contributed by atoms with van der Waals surface area (Å²) in [6.07, 6.45) is -1.01. The lowest BCUT2D eigenvalue weighted by Crippen LogP contribution is -2.30. The van der Waals surface area contributed by atoms with Crippen molar-refractivity contribution in [2.45, 2.75) is 24.8 Å². The zero-order chi connectivity index (χ0) is 19.2. The Kier molecular flexibility index (Phi) is 6.48. The molecule has 0 saturated heterocycles. The molecule has 0 unspecified atom stereocenters. The van der Waals surface area contributed by atoms with Crippen LogP contribution in [0.15, 0.2) is 59.5 Å². The van der Waals surface area contributed by atoms with Gasteiger partial charge >= 0.3 is 5.97 Å². The summed E-state index contributed by atoms with van der Waals surface area (Å²) in [5.74, 6) is -1.18. The van der Waals surface area contributed by atoms with Crippen LogP contribution in [0.5, 0.6) is 0 Å². The second kappa shape index (κ2) is 8.59. The van der Waals surface area contributed by atoms with Gasteiger partial charge in [-0.25, -0.2) is 17.9 Å². The van der Waals surface area contributed by atoms with Gasteiger partial charge in [-0.1, -0.05) is 25.1 Å². The van der Waals surface area contributed by atoms with Crippen molar-refractivity contribution in [1.29, 1.82) is 0 Å². The molecule has 0 aliphatic carbocycles. The lowest BCUT2D eigenvalue weighted by Gasteiger charge is -2.13. The van der Waals surface area contributed by atoms with Gasteiger partial charge in [0.2, 0.25) is 10.0 Å². The molecular formula is C18H20N2O5S. The fraction of sp³-hybridized carbons (Fsp3) is 0.222. The number of amides is 1. The molecule has 138 valence electrons. The molecule has 0 saturated carbocycles. The molecule has 2 rings (SSSR count). The van der Waals surface area contributed by atoms with E-state index >= 15 is 0 Å². The van der Waals surface area contributed by atoms with Crippen molar-refractivity contribution < 1.29 is 22.7 Å². The molecule has 2 N–H and O–H groups in total. The minimum absolute atomic E-state index is 0.0470. The molecule has 0 heterocycles. The summed E-state index contributed by atoms with van der Waals surface area (Å²) >= 11 is 0. The highest BCUT2D eigenvalue weighted by molar-refractivity contribution is 7.89. The summed E-state index contributed by atoms with van der Waals surface area (Å²) in [6, 6.07) is 14.1. The highest BCUT2D eigenvalue weighted by atomic mass is 32.2. The van der Waals surface area contributed by atoms with Crippen molar-refractivity contribution in [1.82, 2.24) is 4.72 Å². The molecule has 26 heavy (non-hydrogen) atoms. The third-order valence-corrected chi connectivity index (χ3v) is 4.99. The van der Waals surface area contributed by atoms with Gasteiger partial charge in [-0.15, -0.1) is 0 Å². The van der Waals surface area contributed by atoms with Crippen molar-refractivity contribution in [3.8, 4) is 0 Å². The monoisotopic (exact) mass is 376 g/mol. The van der Waals surface area contributed by atoms with Crippen LogP contribution in [0.3, 0.4) is 0 Å². The first-order valence-corrected chi connectivity index (χ1v) is 9.48. The van der Waals surface area contributed by atoms with Crippen molar-refractivity contribution in [2.24, 2.45) is 0 Å². The Morgan fingerprint density at radius 2 is 1.65 bits per heavy atom. The fourth-order valence-electron chi connectivity index (χ4n) is 2.09. The minimum Gasteiger partial charge on any atom is -0.449 e. The Balaban J connectivity index is 1.99. The van der Waals surface area contributed by atoms with E-state index in [2.05, 4.69) is 10.0 Å². The first-order chi connectivity index (χ1) is 12.3. The Morgan fingerprint density at radius 3 is 2.23 bits per heavy atom. The average Bonchev–Trinajstić information content (AvgIpc) is 2.62. The van der Waals surface area contributed by atoms with Crippen LogP contribution >= 0.6 is 0 Å². The third kappa shape index (κ3) is 5.14. The topological polar surface area (TPSA) is 102 Å². The molecule has 0 spiro atoms. The SMILES string of the molecule is CCNS(=O)(=O)c1ccc(C(=O)O[C@@H](C)C(=O)Nc2ccccc2)cc1. The predicted octanol–water partition coefficient (Wildman–Crippen LogP) is 2.17. The van der Waals surface area contributed by atoms with E-state index in [1.54, 1.807) is 31.2 Å². The van der Waals surface area contributed by atoms with Gasteiger partial charge in [0.05, 0.1) is 10.5 Å². The maximum Gasteiger partial charge on any atom is 0.338 e. The molecule has 2 aromatic rings. The number of sulfonamides is 1. The number of rotatable bonds is 7. The van der Waals surface area contributed by atoms with Crippen LogP contribution < -0.4 is 10.0 Å². The summed E-state index contributed by atoms with van der Waals surface area (Å²) in [5.41, 5.74) is 0.748. The molecule has 1 amide bonds. The summed E-state index contributed by atoms with van der Waals surface area (Å²) in [5, 5.41) is 2.64. The van der Waals surface area contributed by atoms with Crippen LogP contribution in [0, 0.1) is 0 Å². The highest BCUT2D eigenvalue weighted by Gasteiger charge is 2.20. The number of ether oxygens (including phenoxy) is 1. The zero-order valence-corrected chi connectivity index (χ0v) is 15.2. The fourth-order valence-corrected chi connectivity index (χ4v) is 3.13. The van der Waals surface area contributed by atoms with Gasteiger partial charge in [-0.3, -0.25) is 4.79 Å². The molecular weight excluding hydrogens is 356 g/mol. The largest absolute Gasteiger partial charge is 0.449 e. The Hall–Kier alpha value is -2.71. The van der Waals surface area contributed by atoms with E-state index < -0.39 is 28.0 Å². The van der Waals surface area contributed by atoms with Crippen LogP contribution in [0.2, 0.25) is 0 Å². The second-order valence-electron chi connectivity index (χ2n) is 5.43. The summed E-state index contributed by atoms with van der Waals surface area (Å²) in [4.78, 5) is 24.2. The number of hydrogen-bond donors (Lipinski definition) is 2. The summed E-state index contributed by atoms with van der Waals surface area (Å²) in [6.45, 7) is 3.39. The number of hydrogen-bond acceptors (Lipinski definition) is 5. The molecule has 2 aromatic carbocycles. The van der Waals surface area contributed by atoms with E-state index in [1.165, 1.54) is 31.2 Å². The van der Waals surface area contributed by atoms with Gasteiger partial charge in [-0.2, -0.15) is 0 Å². The number of para-hydroxylation sites is 1. The lowest BCUT2D eigenvalue weighted by atomic mass is 10.2. The molecule has 7 nitrogen and oxygen atoms in total. The number of anilines is 1. The zero-order valence-electron chi connectivity index (χ0n) is 14.4. The Labute approximate surface area is 152 Å². The van der Waals surface area contributed by atoms with Crippen LogP contribution in [0.4, 0.5) is 5.69 Å². The van der Waals surface area contributed by atoms with Crippen LogP contribution in [0.25, 0.3) is 0 Å². The van der Waals surface area contributed by atoms with E-state index in [9.17, 15) is 18.0 Å². The predicted molar refractivity (Wildman–Crippen MR) is 97.3 cm³/mol. The summed E-state index contributed by atoms with van der Waals surface area (Å²) in [7, 11) is -3.59. The van der Waals surface area contributed by atoms with Gasteiger partial charge < -0.3 is 10.1 Å². The molecule has 8 heteroatoms. The van der Waals surface area contributed by atoms with E-state index in [0.717, 1.165) is 0 Å². The molecule has 1 atom stereocenters. The highest BCUT2D eigenvalue weighted by Crippen LogP contribution is 2.13. The quantitative estimate of drug-likeness (QED) is 0.721. The smallest absolute Gasteiger partial charge is 0.338 e. The van der Waals surface area contributed by atoms with E-state index in [4.69, 9.17) is 4.74 Å². The van der Waals surface area contributed by atoms with Crippen LogP contribution in [-0.4, -0.2) is 32.9 Å². The number of esters is 1. The van der Waals surface area contributed by atoms with Gasteiger partial charge in [0.1, 0.15) is 0 Å². The van der Waals surface area contributed by atoms with Crippen LogP contribution in [0.1, 0.15) is 24.2 Å². The number of benzene rings is 2. The molecule has 0 radical (unpaired) electrons. The lowest BCUT2D eigenvalue weighted by molar-refractivity contribution is -0.123. The van der Waals surface area contributed by atoms with E-state index in [1.807, 2.05) is 6.07 Å². The first-order valence-electron chi connectivity index (χ1n) is 8.00. The van der Waals surface area contributed by atoms with E-state index in [-0.39, 0.29) is 17.0 Å². The van der Waals surface area contributed by atoms with Crippen molar-refractivity contribution in [3.05, 3.63) is 60.2 Å². The maximum atomic E-state index is 12.1. The number of carbonyl (C=O) groups excluding carboxylic acids is 2. The average molecular weight is 376 g/mol. The van der Waals surface area contributed by atoms with Gasteiger partial charge in [-0.05, 0) is 43.3 Å². The second-order valence-corrected chi connectivity index (χ2v) is 7.20. The Morgan fingerprint density at radius 1 is 1.04 bits per heavy atom. The summed E-state index contributed by atoms with van der Waals surface area (Å²) < 4.78 is 31.2. The van der Waals surface area contributed by atoms with Crippen LogP contribution in [-0.2, 0) is 19.6 Å². The van der Waals surface area contributed by atoms with Gasteiger partial charge in [0.15, 0.2) is 6.10 Å². The van der Waals surface area contributed by atoms with Crippen molar-refractivity contribution in [3.63, 3.8) is 0 Å². The molecule has 0 aliphatic rings. The molecule has 0 bridgehead atoms. The molecule has 0 aromatic heterocycles. The van der Waals surface area contributed by atoms with Gasteiger partial charge in [0, 0.05) is 12.2 Å². The molecule has 0 aliphatic heterocycles. The Bertz CT molecular complexity index is 864. The minimum atomic E-state index is -3.59. The van der Waals surface area contributed by atoms with Crippen molar-refractivity contribution in [2.75, 3.05) is 11.9 Å². The maximum absolute atomic E-state index is 12.1. The van der Waals surface area contributed by atoms with Crippen molar-refractivity contribution >= 4 is 27.6 Å².